The summed E-state index contributed by atoms with van der Waals surface area (Å²) in [6.07, 6.45) is 0. The number of rotatable bonds is 0. The molecule has 0 atom stereocenters. The number of hydrogen-bond acceptors (Lipinski definition) is 4. The van der Waals surface area contributed by atoms with Gasteiger partial charge < -0.3 is 0 Å². The van der Waals surface area contributed by atoms with E-state index in [0.717, 1.165) is 0 Å². The minimum atomic E-state index is -0.108. The van der Waals surface area contributed by atoms with Gasteiger partial charge in [-0.05, 0) is 29.8 Å². The third kappa shape index (κ3) is 2.58. The largest absolute Gasteiger partial charge is 0.192 e. The highest BCUT2D eigenvalue weighted by atomic mass is 35.5. The second-order valence-electron chi connectivity index (χ2n) is 4.20. The summed E-state index contributed by atoms with van der Waals surface area (Å²) in [5.74, 6) is 0. The Bertz CT molecular complexity index is 1010. The van der Waals surface area contributed by atoms with Crippen molar-refractivity contribution < 1.29 is 0 Å². The van der Waals surface area contributed by atoms with Gasteiger partial charge in [-0.1, -0.05) is 23.2 Å². The molecule has 2 aliphatic rings. The van der Waals surface area contributed by atoms with E-state index in [1.165, 1.54) is 12.1 Å². The van der Waals surface area contributed by atoms with Crippen molar-refractivity contribution in [2.24, 2.45) is 0 Å². The van der Waals surface area contributed by atoms with Gasteiger partial charge in [0.25, 0.3) is 0 Å². The maximum atomic E-state index is 9.02. The first-order valence-corrected chi connectivity index (χ1v) is 6.59. The van der Waals surface area contributed by atoms with Crippen molar-refractivity contribution in [3.8, 4) is 35.4 Å². The SMILES string of the molecule is N#CC(C#N)=c1cc(Cl)cc2c(=C(C#N)C#N)cc(Cl)c-2c1. The summed E-state index contributed by atoms with van der Waals surface area (Å²) in [6.45, 7) is 0. The van der Waals surface area contributed by atoms with E-state index in [9.17, 15) is 0 Å². The summed E-state index contributed by atoms with van der Waals surface area (Å²) < 4.78 is 0. The fraction of sp³-hybridized carbons (Fsp3) is 0. The molecule has 0 heterocycles. The third-order valence-corrected chi connectivity index (χ3v) is 3.52. The molecule has 4 nitrogen and oxygen atoms in total. The minimum Gasteiger partial charge on any atom is -0.192 e. The van der Waals surface area contributed by atoms with E-state index < -0.39 is 0 Å². The van der Waals surface area contributed by atoms with Gasteiger partial charge in [-0.3, -0.25) is 0 Å². The number of nitriles is 4. The Kier molecular flexibility index (Phi) is 4.31. The average Bonchev–Trinajstić information content (AvgIpc) is 2.69. The number of fused-ring (bicyclic) bond motifs is 1. The van der Waals surface area contributed by atoms with Crippen LogP contribution in [0, 0.1) is 45.3 Å². The number of nitrogens with zero attached hydrogens (tertiary/aromatic N) is 4. The monoisotopic (exact) mass is 322 g/mol. The van der Waals surface area contributed by atoms with Crippen molar-refractivity contribution in [3.05, 3.63) is 44.7 Å². The van der Waals surface area contributed by atoms with Crippen LogP contribution in [0.4, 0.5) is 0 Å². The first kappa shape index (κ1) is 15.4. The van der Waals surface area contributed by atoms with Gasteiger partial charge in [-0.15, -0.1) is 0 Å². The summed E-state index contributed by atoms with van der Waals surface area (Å²) in [5.41, 5.74) is 0.813. The van der Waals surface area contributed by atoms with Crippen LogP contribution >= 0.6 is 23.2 Å². The van der Waals surface area contributed by atoms with Crippen LogP contribution in [-0.2, 0) is 0 Å². The predicted octanol–water partition coefficient (Wildman–Crippen LogP) is 2.49. The fourth-order valence-corrected chi connectivity index (χ4v) is 2.53. The Morgan fingerprint density at radius 2 is 1.32 bits per heavy atom. The maximum Gasteiger partial charge on any atom is 0.137 e. The smallest absolute Gasteiger partial charge is 0.137 e. The van der Waals surface area contributed by atoms with E-state index in [0.29, 0.717) is 26.6 Å². The Labute approximate surface area is 135 Å². The molecule has 0 spiro atoms. The standard InChI is InChI=1S/C16H4Cl2N4/c17-12-1-9(10(5-19)6-20)2-15-14(3-12)13(4-16(15)18)11(7-21)8-22/h1-4H. The van der Waals surface area contributed by atoms with Crippen molar-refractivity contribution in [2.45, 2.75) is 0 Å². The van der Waals surface area contributed by atoms with Gasteiger partial charge in [0.1, 0.15) is 35.4 Å². The Balaban J connectivity index is 3.09. The second kappa shape index (κ2) is 6.17. The molecule has 0 aliphatic heterocycles. The molecule has 0 fully saturated rings. The Morgan fingerprint density at radius 1 is 0.727 bits per heavy atom. The molecule has 0 unspecified atom stereocenters. The van der Waals surface area contributed by atoms with Crippen molar-refractivity contribution in [1.82, 2.24) is 0 Å². The Hall–Kier alpha value is -3.02. The van der Waals surface area contributed by atoms with Crippen LogP contribution in [0.5, 0.6) is 0 Å². The Morgan fingerprint density at radius 3 is 1.86 bits per heavy atom. The van der Waals surface area contributed by atoms with E-state index in [4.69, 9.17) is 44.2 Å². The summed E-state index contributed by atoms with van der Waals surface area (Å²) >= 11 is 12.2. The topological polar surface area (TPSA) is 95.2 Å². The molecule has 0 saturated carbocycles. The van der Waals surface area contributed by atoms with Gasteiger partial charge in [0.2, 0.25) is 0 Å². The highest BCUT2D eigenvalue weighted by molar-refractivity contribution is 6.34. The van der Waals surface area contributed by atoms with E-state index >= 15 is 0 Å². The zero-order chi connectivity index (χ0) is 16.3. The van der Waals surface area contributed by atoms with Crippen molar-refractivity contribution in [3.63, 3.8) is 0 Å². The van der Waals surface area contributed by atoms with Crippen LogP contribution in [0.25, 0.3) is 22.3 Å². The molecule has 22 heavy (non-hydrogen) atoms. The second-order valence-corrected chi connectivity index (χ2v) is 5.05. The lowest BCUT2D eigenvalue weighted by Crippen LogP contribution is -2.03. The lowest BCUT2D eigenvalue weighted by Gasteiger charge is -1.93. The molecular weight excluding hydrogens is 319 g/mol. The minimum absolute atomic E-state index is 0.0921. The average molecular weight is 323 g/mol. The molecule has 0 saturated heterocycles. The first-order valence-electron chi connectivity index (χ1n) is 5.83. The van der Waals surface area contributed by atoms with Gasteiger partial charge in [-0.2, -0.15) is 21.0 Å². The van der Waals surface area contributed by atoms with Gasteiger partial charge in [-0.25, -0.2) is 0 Å². The highest BCUT2D eigenvalue weighted by Crippen LogP contribution is 2.28. The molecule has 0 aromatic rings. The summed E-state index contributed by atoms with van der Waals surface area (Å²) in [6, 6.07) is 13.2. The van der Waals surface area contributed by atoms with Crippen molar-refractivity contribution >= 4 is 34.3 Å². The molecule has 0 aromatic carbocycles. The van der Waals surface area contributed by atoms with E-state index in [-0.39, 0.29) is 16.2 Å². The van der Waals surface area contributed by atoms with Gasteiger partial charge >= 0.3 is 0 Å². The summed E-state index contributed by atoms with van der Waals surface area (Å²) in [4.78, 5) is 0. The van der Waals surface area contributed by atoms with Crippen LogP contribution in [0.15, 0.2) is 24.3 Å². The van der Waals surface area contributed by atoms with Gasteiger partial charge in [0.05, 0.1) is 0 Å². The molecule has 2 aliphatic carbocycles. The van der Waals surface area contributed by atoms with E-state index in [2.05, 4.69) is 0 Å². The molecule has 0 radical (unpaired) electrons. The van der Waals surface area contributed by atoms with E-state index in [1.54, 1.807) is 36.4 Å². The zero-order valence-corrected chi connectivity index (χ0v) is 12.4. The van der Waals surface area contributed by atoms with E-state index in [1.807, 2.05) is 0 Å². The summed E-state index contributed by atoms with van der Waals surface area (Å²) in [7, 11) is 0. The normalized spacial score (nSPS) is 9.18. The zero-order valence-electron chi connectivity index (χ0n) is 10.9. The van der Waals surface area contributed by atoms with Crippen LogP contribution in [-0.4, -0.2) is 0 Å². The maximum absolute atomic E-state index is 9.02. The summed E-state index contributed by atoms with van der Waals surface area (Å²) in [5, 5.41) is 37.3. The number of halogens is 2. The molecule has 6 heteroatoms. The lowest BCUT2D eigenvalue weighted by molar-refractivity contribution is 1.50. The van der Waals surface area contributed by atoms with Crippen LogP contribution < -0.4 is 10.4 Å². The predicted molar refractivity (Wildman–Crippen MR) is 81.6 cm³/mol. The lowest BCUT2D eigenvalue weighted by atomic mass is 10.1. The molecule has 102 valence electrons. The molecule has 0 amide bonds. The molecular formula is C16H4Cl2N4. The molecule has 2 rings (SSSR count). The highest BCUT2D eigenvalue weighted by Gasteiger charge is 2.14. The molecule has 0 aromatic heterocycles. The molecule has 0 bridgehead atoms. The van der Waals surface area contributed by atoms with Gasteiger partial charge in [0.15, 0.2) is 0 Å². The van der Waals surface area contributed by atoms with Crippen molar-refractivity contribution in [1.29, 1.82) is 21.0 Å². The number of hydrogen-bond donors (Lipinski definition) is 0. The fourth-order valence-electron chi connectivity index (χ4n) is 2.03. The molecule has 0 N–H and O–H groups in total. The first-order chi connectivity index (χ1) is 10.5. The van der Waals surface area contributed by atoms with Crippen LogP contribution in [0.1, 0.15) is 0 Å². The third-order valence-electron chi connectivity index (χ3n) is 2.99. The quantitative estimate of drug-likeness (QED) is 0.744. The van der Waals surface area contributed by atoms with Crippen molar-refractivity contribution in [2.75, 3.05) is 0 Å². The van der Waals surface area contributed by atoms with Gasteiger partial charge in [0, 0.05) is 26.0 Å². The van der Waals surface area contributed by atoms with Crippen LogP contribution in [0.2, 0.25) is 10.0 Å². The van der Waals surface area contributed by atoms with Crippen LogP contribution in [0.3, 0.4) is 0 Å².